The molecule has 0 aliphatic carbocycles. The number of aromatic hydroxyl groups is 1. The highest BCUT2D eigenvalue weighted by Crippen LogP contribution is 2.17. The molecule has 0 aliphatic heterocycles. The summed E-state index contributed by atoms with van der Waals surface area (Å²) in [4.78, 5) is 49.2. The number of allylic oxidation sites excluding steroid dienone is 5. The summed E-state index contributed by atoms with van der Waals surface area (Å²) in [6, 6.07) is 8.56. The second kappa shape index (κ2) is 10.3. The molecule has 1 heterocycles. The Bertz CT molecular complexity index is 1190. The molecule has 3 N–H and O–H groups in total. The molecule has 0 spiro atoms. The van der Waals surface area contributed by atoms with Crippen molar-refractivity contribution in [1.82, 2.24) is 14.5 Å². The number of carboxylic acid groups (broad SMARTS) is 1. The molecule has 10 heteroatoms. The van der Waals surface area contributed by atoms with Crippen LogP contribution >= 0.6 is 11.6 Å². The molecule has 1 aromatic carbocycles. The number of carbonyl (C=O) groups excluding carboxylic acids is 1. The summed E-state index contributed by atoms with van der Waals surface area (Å²) >= 11 is 5.87. The first-order valence-electron chi connectivity index (χ1n) is 8.97. The van der Waals surface area contributed by atoms with Crippen molar-refractivity contribution in [3.05, 3.63) is 92.1 Å². The number of nitrogens with one attached hydrogen (secondary N) is 1. The predicted molar refractivity (Wildman–Crippen MR) is 116 cm³/mol. The van der Waals surface area contributed by atoms with E-state index < -0.39 is 41.1 Å². The van der Waals surface area contributed by atoms with E-state index in [-0.39, 0.29) is 17.3 Å². The summed E-state index contributed by atoms with van der Waals surface area (Å²) in [6.07, 6.45) is 4.16. The van der Waals surface area contributed by atoms with Crippen LogP contribution in [0.1, 0.15) is 22.8 Å². The van der Waals surface area contributed by atoms with Gasteiger partial charge >= 0.3 is 11.7 Å². The van der Waals surface area contributed by atoms with Gasteiger partial charge in [-0.2, -0.15) is 0 Å². The van der Waals surface area contributed by atoms with E-state index in [1.165, 1.54) is 25.2 Å². The molecular weight excluding hydrogens is 426 g/mol. The molecule has 31 heavy (non-hydrogen) atoms. The number of carboxylic acids is 1. The normalized spacial score (nSPS) is 11.8. The number of carbonyl (C=O) groups is 2. The Balaban J connectivity index is 2.75. The van der Waals surface area contributed by atoms with Gasteiger partial charge in [0.25, 0.3) is 11.5 Å². The van der Waals surface area contributed by atoms with Gasteiger partial charge in [0, 0.05) is 10.7 Å². The van der Waals surface area contributed by atoms with E-state index in [2.05, 4.69) is 6.58 Å². The number of rotatable bonds is 8. The lowest BCUT2D eigenvalue weighted by molar-refractivity contribution is -0.135. The van der Waals surface area contributed by atoms with Crippen molar-refractivity contribution in [2.75, 3.05) is 6.54 Å². The zero-order valence-electron chi connectivity index (χ0n) is 16.5. The van der Waals surface area contributed by atoms with E-state index >= 15 is 0 Å². The lowest BCUT2D eigenvalue weighted by Crippen LogP contribution is -2.44. The molecule has 2 rings (SSSR count). The Morgan fingerprint density at radius 1 is 1.19 bits per heavy atom. The van der Waals surface area contributed by atoms with Gasteiger partial charge in [-0.05, 0) is 24.6 Å². The van der Waals surface area contributed by atoms with Gasteiger partial charge < -0.3 is 15.5 Å². The van der Waals surface area contributed by atoms with Crippen molar-refractivity contribution >= 4 is 29.2 Å². The van der Waals surface area contributed by atoms with Crippen LogP contribution in [-0.2, 0) is 11.3 Å². The molecule has 0 atom stereocenters. The van der Waals surface area contributed by atoms with Gasteiger partial charge in [-0.25, -0.2) is 9.36 Å². The highest BCUT2D eigenvalue weighted by Gasteiger charge is 2.25. The molecule has 0 bridgehead atoms. The minimum Gasteiger partial charge on any atom is -0.493 e. The number of amides is 1. The topological polar surface area (TPSA) is 131 Å². The number of benzene rings is 1. The van der Waals surface area contributed by atoms with Gasteiger partial charge in [-0.1, -0.05) is 54.6 Å². The van der Waals surface area contributed by atoms with Crippen LogP contribution in [-0.4, -0.2) is 37.8 Å². The lowest BCUT2D eigenvalue weighted by Gasteiger charge is -2.16. The molecule has 0 saturated carbocycles. The Morgan fingerprint density at radius 3 is 2.42 bits per heavy atom. The average Bonchev–Trinajstić information content (AvgIpc) is 2.74. The molecule has 0 aliphatic rings. The summed E-state index contributed by atoms with van der Waals surface area (Å²) in [6.45, 7) is 4.01. The van der Waals surface area contributed by atoms with Crippen LogP contribution in [0.15, 0.2) is 69.8 Å². The molecule has 1 amide bonds. The minimum absolute atomic E-state index is 0.150. The smallest absolute Gasteiger partial charge is 0.338 e. The van der Waals surface area contributed by atoms with Crippen LogP contribution in [0.25, 0.3) is 5.70 Å². The SMILES string of the molecule is C=C/C(Cl)=C\C=C(/C)n1c(O)c(C(=O)NCC(=O)O)c(=O)n(Cc2ccccc2)c1=O. The fraction of sp³-hybridized carbons (Fsp3) is 0.143. The average molecular weight is 446 g/mol. The zero-order chi connectivity index (χ0) is 23.1. The van der Waals surface area contributed by atoms with Crippen molar-refractivity contribution in [2.45, 2.75) is 13.5 Å². The third kappa shape index (κ3) is 5.61. The van der Waals surface area contributed by atoms with Gasteiger partial charge in [0.2, 0.25) is 5.88 Å². The fourth-order valence-electron chi connectivity index (χ4n) is 2.65. The Labute approximate surface area is 181 Å². The maximum atomic E-state index is 13.0. The van der Waals surface area contributed by atoms with Crippen LogP contribution in [0.3, 0.4) is 0 Å². The van der Waals surface area contributed by atoms with E-state index in [1.54, 1.807) is 30.3 Å². The number of hydrogen-bond acceptors (Lipinski definition) is 5. The molecule has 9 nitrogen and oxygen atoms in total. The van der Waals surface area contributed by atoms with Gasteiger partial charge in [0.05, 0.1) is 6.54 Å². The molecule has 0 fully saturated rings. The Kier molecular flexibility index (Phi) is 7.75. The number of hydrogen-bond donors (Lipinski definition) is 3. The largest absolute Gasteiger partial charge is 0.493 e. The predicted octanol–water partition coefficient (Wildman–Crippen LogP) is 1.75. The van der Waals surface area contributed by atoms with Gasteiger partial charge in [0.1, 0.15) is 6.54 Å². The maximum absolute atomic E-state index is 13.0. The summed E-state index contributed by atoms with van der Waals surface area (Å²) < 4.78 is 1.55. The van der Waals surface area contributed by atoms with E-state index in [1.807, 2.05) is 5.32 Å². The van der Waals surface area contributed by atoms with Gasteiger partial charge in [-0.3, -0.25) is 19.0 Å². The zero-order valence-corrected chi connectivity index (χ0v) is 17.3. The van der Waals surface area contributed by atoms with Crippen molar-refractivity contribution in [3.63, 3.8) is 0 Å². The molecule has 0 saturated heterocycles. The van der Waals surface area contributed by atoms with Crippen molar-refractivity contribution in [1.29, 1.82) is 0 Å². The summed E-state index contributed by atoms with van der Waals surface area (Å²) in [7, 11) is 0. The molecule has 0 unspecified atom stereocenters. The molecular formula is C21H20ClN3O6. The fourth-order valence-corrected chi connectivity index (χ4v) is 2.71. The van der Waals surface area contributed by atoms with Crippen LogP contribution in [0, 0.1) is 0 Å². The third-order valence-corrected chi connectivity index (χ3v) is 4.44. The molecule has 0 radical (unpaired) electrons. The highest BCUT2D eigenvalue weighted by molar-refractivity contribution is 6.31. The van der Waals surface area contributed by atoms with E-state index in [4.69, 9.17) is 16.7 Å². The quantitative estimate of drug-likeness (QED) is 0.530. The van der Waals surface area contributed by atoms with Crippen molar-refractivity contribution in [2.24, 2.45) is 0 Å². The van der Waals surface area contributed by atoms with E-state index in [0.29, 0.717) is 5.56 Å². The van der Waals surface area contributed by atoms with E-state index in [0.717, 1.165) is 9.13 Å². The summed E-state index contributed by atoms with van der Waals surface area (Å²) in [5.41, 5.74) is -1.96. The number of halogens is 1. The molecule has 1 aromatic heterocycles. The second-order valence-corrected chi connectivity index (χ2v) is 6.77. The van der Waals surface area contributed by atoms with Crippen molar-refractivity contribution < 1.29 is 19.8 Å². The van der Waals surface area contributed by atoms with E-state index in [9.17, 15) is 24.3 Å². The monoisotopic (exact) mass is 445 g/mol. The first-order valence-corrected chi connectivity index (χ1v) is 9.34. The summed E-state index contributed by atoms with van der Waals surface area (Å²) in [5.74, 6) is -3.39. The third-order valence-electron chi connectivity index (χ3n) is 4.16. The molecule has 162 valence electrons. The maximum Gasteiger partial charge on any atom is 0.338 e. The first kappa shape index (κ1) is 23.4. The van der Waals surface area contributed by atoms with Crippen LogP contribution < -0.4 is 16.6 Å². The lowest BCUT2D eigenvalue weighted by atomic mass is 10.2. The molecule has 2 aromatic rings. The standard InChI is InChI=1S/C21H20ClN3O6/c1-3-15(22)10-9-13(2)25-20(30)17(18(28)23-11-16(26)27)19(29)24(21(25)31)12-14-7-5-4-6-8-14/h3-10,30H,1,11-12H2,2H3,(H,23,28)(H,26,27)/b13-9+,15-10+. The second-order valence-electron chi connectivity index (χ2n) is 6.33. The Hall–Kier alpha value is -3.85. The summed E-state index contributed by atoms with van der Waals surface area (Å²) in [5, 5.41) is 21.7. The number of aromatic nitrogens is 2. The number of aliphatic carboxylic acids is 1. The number of nitrogens with zero attached hydrogens (tertiary/aromatic N) is 2. The highest BCUT2D eigenvalue weighted by atomic mass is 35.5. The van der Waals surface area contributed by atoms with Crippen molar-refractivity contribution in [3.8, 4) is 5.88 Å². The van der Waals surface area contributed by atoms with Gasteiger partial charge in [-0.15, -0.1) is 0 Å². The minimum atomic E-state index is -1.34. The Morgan fingerprint density at radius 2 is 1.84 bits per heavy atom. The first-order chi connectivity index (χ1) is 14.7. The van der Waals surface area contributed by atoms with Crippen LogP contribution in [0.2, 0.25) is 0 Å². The van der Waals surface area contributed by atoms with Crippen LogP contribution in [0.5, 0.6) is 5.88 Å². The van der Waals surface area contributed by atoms with Crippen LogP contribution in [0.4, 0.5) is 0 Å². The van der Waals surface area contributed by atoms with Gasteiger partial charge in [0.15, 0.2) is 5.56 Å².